The van der Waals surface area contributed by atoms with Gasteiger partial charge >= 0.3 is 6.18 Å². The molecule has 2 aromatic carbocycles. The fourth-order valence-corrected chi connectivity index (χ4v) is 3.69. The van der Waals surface area contributed by atoms with Crippen LogP contribution in [-0.4, -0.2) is 29.6 Å². The fraction of sp³-hybridized carbons (Fsp3) is 0.222. The standard InChI is InChI=1S/C25H21F3N4O3.C2H6/c1-29-22-12-21-16(13-30-22)10-20(24(34)32(21)2)15-8-18(11-19(9-15)35-3)31-23(33)14-5-4-6-17(7-14)25(26,27)28;1-2/h4-13H,1-3H3,(H,29,30)(H,31,33);1-2H3. The van der Waals surface area contributed by atoms with Crippen LogP contribution in [0.15, 0.2) is 65.6 Å². The van der Waals surface area contributed by atoms with E-state index in [4.69, 9.17) is 4.74 Å². The van der Waals surface area contributed by atoms with Gasteiger partial charge < -0.3 is 19.9 Å². The van der Waals surface area contributed by atoms with Crippen molar-refractivity contribution in [2.75, 3.05) is 24.8 Å². The minimum absolute atomic E-state index is 0.155. The highest BCUT2D eigenvalue weighted by Gasteiger charge is 2.31. The van der Waals surface area contributed by atoms with E-state index >= 15 is 0 Å². The Morgan fingerprint density at radius 1 is 1.05 bits per heavy atom. The molecule has 2 heterocycles. The quantitative estimate of drug-likeness (QED) is 0.345. The lowest BCUT2D eigenvalue weighted by Crippen LogP contribution is -2.19. The van der Waals surface area contributed by atoms with Crippen molar-refractivity contribution in [1.82, 2.24) is 9.55 Å². The number of anilines is 2. The van der Waals surface area contributed by atoms with Crippen molar-refractivity contribution in [3.8, 4) is 16.9 Å². The van der Waals surface area contributed by atoms with E-state index in [1.165, 1.54) is 29.9 Å². The van der Waals surface area contributed by atoms with E-state index in [9.17, 15) is 22.8 Å². The number of carbonyl (C=O) groups is 1. The number of carbonyl (C=O) groups excluding carboxylic acids is 1. The smallest absolute Gasteiger partial charge is 0.416 e. The average molecular weight is 513 g/mol. The number of hydrogen-bond acceptors (Lipinski definition) is 5. The lowest BCUT2D eigenvalue weighted by molar-refractivity contribution is -0.137. The predicted molar refractivity (Wildman–Crippen MR) is 139 cm³/mol. The summed E-state index contributed by atoms with van der Waals surface area (Å²) in [6.45, 7) is 4.00. The van der Waals surface area contributed by atoms with Gasteiger partial charge in [0.1, 0.15) is 11.6 Å². The second kappa shape index (κ2) is 11.2. The van der Waals surface area contributed by atoms with Gasteiger partial charge in [0.05, 0.1) is 18.2 Å². The van der Waals surface area contributed by atoms with Crippen molar-refractivity contribution in [1.29, 1.82) is 0 Å². The number of methoxy groups -OCH3 is 1. The molecule has 37 heavy (non-hydrogen) atoms. The molecule has 0 aliphatic rings. The molecule has 0 fully saturated rings. The summed E-state index contributed by atoms with van der Waals surface area (Å²) in [5.41, 5.74) is 0.376. The molecule has 0 unspecified atom stereocenters. The summed E-state index contributed by atoms with van der Waals surface area (Å²) >= 11 is 0. The van der Waals surface area contributed by atoms with Crippen molar-refractivity contribution < 1.29 is 22.7 Å². The Labute approximate surface area is 211 Å². The van der Waals surface area contributed by atoms with Crippen molar-refractivity contribution in [2.45, 2.75) is 20.0 Å². The molecule has 0 bridgehead atoms. The van der Waals surface area contributed by atoms with Crippen LogP contribution in [-0.2, 0) is 13.2 Å². The Morgan fingerprint density at radius 2 is 1.78 bits per heavy atom. The van der Waals surface area contributed by atoms with Gasteiger partial charge in [-0.05, 0) is 42.0 Å². The number of ether oxygens (including phenoxy) is 1. The fourth-order valence-electron chi connectivity index (χ4n) is 3.69. The molecule has 2 aromatic heterocycles. The molecule has 0 saturated heterocycles. The maximum atomic E-state index is 13.2. The number of amides is 1. The molecule has 0 atom stereocenters. The summed E-state index contributed by atoms with van der Waals surface area (Å²) in [5, 5.41) is 6.25. The zero-order chi connectivity index (χ0) is 27.3. The molecular weight excluding hydrogens is 485 g/mol. The number of rotatable bonds is 5. The molecule has 4 aromatic rings. The summed E-state index contributed by atoms with van der Waals surface area (Å²) < 4.78 is 45.9. The van der Waals surface area contributed by atoms with Crippen LogP contribution in [0.2, 0.25) is 0 Å². The summed E-state index contributed by atoms with van der Waals surface area (Å²) in [7, 11) is 4.80. The Bertz CT molecular complexity index is 1500. The van der Waals surface area contributed by atoms with Gasteiger partial charge in [0.2, 0.25) is 0 Å². The number of fused-ring (bicyclic) bond motifs is 1. The highest BCUT2D eigenvalue weighted by Crippen LogP contribution is 2.31. The van der Waals surface area contributed by atoms with Gasteiger partial charge in [-0.15, -0.1) is 0 Å². The van der Waals surface area contributed by atoms with Gasteiger partial charge in [-0.25, -0.2) is 4.98 Å². The summed E-state index contributed by atoms with van der Waals surface area (Å²) in [6.07, 6.45) is -2.93. The third kappa shape index (κ3) is 5.91. The number of benzene rings is 2. The predicted octanol–water partition coefficient (Wildman–Crippen LogP) is 5.95. The highest BCUT2D eigenvalue weighted by atomic mass is 19.4. The molecule has 0 radical (unpaired) electrons. The Balaban J connectivity index is 0.00000186. The van der Waals surface area contributed by atoms with Gasteiger partial charge in [-0.3, -0.25) is 9.59 Å². The second-order valence-corrected chi connectivity index (χ2v) is 7.78. The van der Waals surface area contributed by atoms with Gasteiger partial charge in [0.15, 0.2) is 0 Å². The summed E-state index contributed by atoms with van der Waals surface area (Å²) in [6, 6.07) is 12.3. The van der Waals surface area contributed by atoms with Crippen molar-refractivity contribution >= 4 is 28.3 Å². The van der Waals surface area contributed by atoms with Crippen LogP contribution < -0.4 is 20.9 Å². The average Bonchev–Trinajstić information content (AvgIpc) is 2.91. The number of nitrogens with zero attached hydrogens (tertiary/aromatic N) is 2. The van der Waals surface area contributed by atoms with Gasteiger partial charge in [0, 0.05) is 54.6 Å². The largest absolute Gasteiger partial charge is 0.497 e. The zero-order valence-electron chi connectivity index (χ0n) is 21.0. The van der Waals surface area contributed by atoms with E-state index < -0.39 is 17.6 Å². The molecule has 1 amide bonds. The number of hydrogen-bond donors (Lipinski definition) is 2. The molecule has 10 heteroatoms. The second-order valence-electron chi connectivity index (χ2n) is 7.78. The summed E-state index contributed by atoms with van der Waals surface area (Å²) in [5.74, 6) is 0.236. The Hall–Kier alpha value is -4.34. The Kier molecular flexibility index (Phi) is 8.21. The van der Waals surface area contributed by atoms with Crippen LogP contribution in [0, 0.1) is 0 Å². The first-order chi connectivity index (χ1) is 17.6. The highest BCUT2D eigenvalue weighted by molar-refractivity contribution is 6.04. The van der Waals surface area contributed by atoms with Crippen LogP contribution in [0.25, 0.3) is 22.0 Å². The number of nitrogens with one attached hydrogen (secondary N) is 2. The molecular formula is C27H27F3N4O3. The number of halogens is 3. The number of aromatic nitrogens is 2. The lowest BCUT2D eigenvalue weighted by Gasteiger charge is -2.13. The number of aryl methyl sites for hydroxylation is 1. The van der Waals surface area contributed by atoms with Crippen molar-refractivity contribution in [2.24, 2.45) is 7.05 Å². The van der Waals surface area contributed by atoms with Crippen LogP contribution in [0.5, 0.6) is 5.75 Å². The number of pyridine rings is 2. The molecule has 0 saturated carbocycles. The van der Waals surface area contributed by atoms with E-state index in [1.54, 1.807) is 44.6 Å². The van der Waals surface area contributed by atoms with E-state index in [0.29, 0.717) is 28.2 Å². The molecule has 0 spiro atoms. The SMILES string of the molecule is CC.CNc1cc2c(cn1)cc(-c1cc(NC(=O)c3cccc(C(F)(F)F)c3)cc(OC)c1)c(=O)n2C. The maximum absolute atomic E-state index is 13.2. The van der Waals surface area contributed by atoms with E-state index in [0.717, 1.165) is 17.5 Å². The van der Waals surface area contributed by atoms with Gasteiger partial charge in [0.25, 0.3) is 11.5 Å². The molecule has 2 N–H and O–H groups in total. The molecule has 4 rings (SSSR count). The zero-order valence-corrected chi connectivity index (χ0v) is 21.0. The first-order valence-corrected chi connectivity index (χ1v) is 11.5. The normalized spacial score (nSPS) is 10.9. The van der Waals surface area contributed by atoms with Crippen LogP contribution in [0.1, 0.15) is 29.8 Å². The maximum Gasteiger partial charge on any atom is 0.416 e. The van der Waals surface area contributed by atoms with Gasteiger partial charge in [-0.2, -0.15) is 13.2 Å². The molecule has 0 aliphatic carbocycles. The lowest BCUT2D eigenvalue weighted by atomic mass is 10.0. The molecule has 7 nitrogen and oxygen atoms in total. The minimum Gasteiger partial charge on any atom is -0.497 e. The first kappa shape index (κ1) is 27.3. The molecule has 194 valence electrons. The van der Waals surface area contributed by atoms with Crippen LogP contribution >= 0.6 is 0 Å². The van der Waals surface area contributed by atoms with Crippen LogP contribution in [0.4, 0.5) is 24.7 Å². The van der Waals surface area contributed by atoms with E-state index in [1.807, 2.05) is 13.8 Å². The monoisotopic (exact) mass is 512 g/mol. The minimum atomic E-state index is -4.57. The van der Waals surface area contributed by atoms with E-state index in [2.05, 4.69) is 15.6 Å². The van der Waals surface area contributed by atoms with Crippen LogP contribution in [0.3, 0.4) is 0 Å². The number of alkyl halides is 3. The Morgan fingerprint density at radius 3 is 2.43 bits per heavy atom. The first-order valence-electron chi connectivity index (χ1n) is 11.5. The third-order valence-corrected chi connectivity index (χ3v) is 5.53. The molecule has 0 aliphatic heterocycles. The van der Waals surface area contributed by atoms with Crippen molar-refractivity contribution in [3.05, 3.63) is 82.3 Å². The van der Waals surface area contributed by atoms with Gasteiger partial charge in [-0.1, -0.05) is 19.9 Å². The third-order valence-electron chi connectivity index (χ3n) is 5.53. The topological polar surface area (TPSA) is 85.2 Å². The summed E-state index contributed by atoms with van der Waals surface area (Å²) in [4.78, 5) is 30.1. The van der Waals surface area contributed by atoms with E-state index in [-0.39, 0.29) is 16.8 Å². The van der Waals surface area contributed by atoms with Crippen molar-refractivity contribution in [3.63, 3.8) is 0 Å².